The van der Waals surface area contributed by atoms with Gasteiger partial charge in [0.1, 0.15) is 5.82 Å². The first-order valence-corrected chi connectivity index (χ1v) is 9.99. The Hall–Kier alpha value is -3.07. The molecule has 0 radical (unpaired) electrons. The molecule has 1 aliphatic heterocycles. The molecule has 0 spiro atoms. The van der Waals surface area contributed by atoms with Crippen LogP contribution < -0.4 is 20.9 Å². The molecule has 1 aromatic heterocycles. The smallest absolute Gasteiger partial charge is 0.332 e. The topological polar surface area (TPSA) is 97.0 Å². The van der Waals surface area contributed by atoms with Gasteiger partial charge in [-0.1, -0.05) is 0 Å². The third-order valence-corrected chi connectivity index (χ3v) is 5.44. The Morgan fingerprint density at radius 1 is 1.07 bits per heavy atom. The summed E-state index contributed by atoms with van der Waals surface area (Å²) in [5, 5.41) is 9.96. The first kappa shape index (κ1) is 21.6. The molecule has 2 heterocycles. The van der Waals surface area contributed by atoms with Crippen molar-refractivity contribution in [1.29, 1.82) is 0 Å². The molecule has 0 unspecified atom stereocenters. The molecule has 162 valence electrons. The maximum absolute atomic E-state index is 12.1. The molecule has 0 aliphatic carbocycles. The summed E-state index contributed by atoms with van der Waals surface area (Å²) < 4.78 is 8.24. The van der Waals surface area contributed by atoms with Gasteiger partial charge in [0.2, 0.25) is 0 Å². The van der Waals surface area contributed by atoms with Crippen molar-refractivity contribution in [2.45, 2.75) is 13.3 Å². The zero-order valence-electron chi connectivity index (χ0n) is 17.6. The molecule has 9 heteroatoms. The average Bonchev–Trinajstić information content (AvgIpc) is 2.73. The van der Waals surface area contributed by atoms with Gasteiger partial charge < -0.3 is 14.7 Å². The second-order valence-corrected chi connectivity index (χ2v) is 7.51. The number of phenolic OH excluding ortho intramolecular Hbond substituents is 1. The standard InChI is InChI=1S/C21H28N4O5/c1-15(26)16-5-6-18(17(27)13-16)30-12-4-7-24-8-10-25(11-9-24)19-14-20(28)23(3)21(29)22(19)2/h5-6,13-14,27H,4,7-12H2,1-3H3. The molecule has 2 aromatic rings. The number of hydrogen-bond acceptors (Lipinski definition) is 7. The number of aromatic nitrogens is 2. The van der Waals surface area contributed by atoms with Crippen LogP contribution >= 0.6 is 0 Å². The highest BCUT2D eigenvalue weighted by Crippen LogP contribution is 2.27. The lowest BCUT2D eigenvalue weighted by Gasteiger charge is -2.36. The number of Topliss-reactive ketones (excluding diaryl/α,β-unsaturated/α-hetero) is 1. The van der Waals surface area contributed by atoms with Gasteiger partial charge in [-0.3, -0.25) is 23.6 Å². The van der Waals surface area contributed by atoms with Gasteiger partial charge in [0.15, 0.2) is 17.3 Å². The lowest BCUT2D eigenvalue weighted by molar-refractivity contribution is 0.101. The van der Waals surface area contributed by atoms with Crippen molar-refractivity contribution in [3.63, 3.8) is 0 Å². The van der Waals surface area contributed by atoms with E-state index < -0.39 is 0 Å². The van der Waals surface area contributed by atoms with E-state index in [1.807, 2.05) is 0 Å². The second-order valence-electron chi connectivity index (χ2n) is 7.51. The van der Waals surface area contributed by atoms with E-state index in [0.29, 0.717) is 23.7 Å². The Labute approximate surface area is 174 Å². The molecule has 0 amide bonds. The van der Waals surface area contributed by atoms with E-state index in [-0.39, 0.29) is 22.8 Å². The monoisotopic (exact) mass is 416 g/mol. The Bertz CT molecular complexity index is 1030. The highest BCUT2D eigenvalue weighted by atomic mass is 16.5. The maximum Gasteiger partial charge on any atom is 0.332 e. The molecule has 1 saturated heterocycles. The minimum atomic E-state index is -0.323. The number of rotatable bonds is 7. The third kappa shape index (κ3) is 4.73. The van der Waals surface area contributed by atoms with Crippen molar-refractivity contribution in [2.75, 3.05) is 44.2 Å². The van der Waals surface area contributed by atoms with E-state index in [2.05, 4.69) is 9.80 Å². The van der Waals surface area contributed by atoms with E-state index in [9.17, 15) is 19.5 Å². The normalized spacial score (nSPS) is 14.7. The van der Waals surface area contributed by atoms with Crippen molar-refractivity contribution in [3.8, 4) is 11.5 Å². The summed E-state index contributed by atoms with van der Waals surface area (Å²) >= 11 is 0. The summed E-state index contributed by atoms with van der Waals surface area (Å²) in [4.78, 5) is 39.8. The van der Waals surface area contributed by atoms with Gasteiger partial charge >= 0.3 is 5.69 Å². The fourth-order valence-corrected chi connectivity index (χ4v) is 3.55. The van der Waals surface area contributed by atoms with Crippen LogP contribution in [0.2, 0.25) is 0 Å². The largest absolute Gasteiger partial charge is 0.504 e. The van der Waals surface area contributed by atoms with Crippen molar-refractivity contribution in [2.24, 2.45) is 14.1 Å². The van der Waals surface area contributed by atoms with Gasteiger partial charge in [-0.25, -0.2) is 4.79 Å². The molecule has 0 saturated carbocycles. The number of hydrogen-bond donors (Lipinski definition) is 1. The summed E-state index contributed by atoms with van der Waals surface area (Å²) in [6.07, 6.45) is 0.790. The number of ketones is 1. The van der Waals surface area contributed by atoms with Crippen molar-refractivity contribution < 1.29 is 14.6 Å². The number of carbonyl (C=O) groups is 1. The SMILES string of the molecule is CC(=O)c1ccc(OCCCN2CCN(c3cc(=O)n(C)c(=O)n3C)CC2)c(O)c1. The molecule has 1 fully saturated rings. The van der Waals surface area contributed by atoms with Crippen LogP contribution in [0.4, 0.5) is 5.82 Å². The first-order valence-electron chi connectivity index (χ1n) is 9.99. The molecule has 1 aliphatic rings. The van der Waals surface area contributed by atoms with Crippen LogP contribution in [0.3, 0.4) is 0 Å². The molecule has 0 atom stereocenters. The van der Waals surface area contributed by atoms with Crippen LogP contribution in [0.15, 0.2) is 33.9 Å². The summed E-state index contributed by atoms with van der Waals surface area (Å²) in [6.45, 7) is 5.85. The number of nitrogens with zero attached hydrogens (tertiary/aromatic N) is 4. The zero-order valence-corrected chi connectivity index (χ0v) is 17.6. The summed E-state index contributed by atoms with van der Waals surface area (Å²) in [5.74, 6) is 0.884. The van der Waals surface area contributed by atoms with Crippen molar-refractivity contribution >= 4 is 11.6 Å². The van der Waals surface area contributed by atoms with E-state index in [1.54, 1.807) is 19.2 Å². The fourth-order valence-electron chi connectivity index (χ4n) is 3.55. The van der Waals surface area contributed by atoms with Crippen molar-refractivity contribution in [3.05, 3.63) is 50.7 Å². The van der Waals surface area contributed by atoms with Gasteiger partial charge in [0.05, 0.1) is 6.61 Å². The van der Waals surface area contributed by atoms with Crippen LogP contribution in [0.5, 0.6) is 11.5 Å². The number of carbonyl (C=O) groups excluding carboxylic acids is 1. The fraction of sp³-hybridized carbons (Fsp3) is 0.476. The van der Waals surface area contributed by atoms with Gasteiger partial charge in [-0.05, 0) is 31.5 Å². The Kier molecular flexibility index (Phi) is 6.61. The van der Waals surface area contributed by atoms with E-state index >= 15 is 0 Å². The quantitative estimate of drug-likeness (QED) is 0.521. The van der Waals surface area contributed by atoms with Crippen LogP contribution in [-0.2, 0) is 14.1 Å². The predicted octanol–water partition coefficient (Wildman–Crippen LogP) is 0.583. The minimum absolute atomic E-state index is 0.0315. The number of aromatic hydroxyl groups is 1. The van der Waals surface area contributed by atoms with Crippen LogP contribution in [-0.4, -0.2) is 64.3 Å². The van der Waals surface area contributed by atoms with Crippen LogP contribution in [0, 0.1) is 0 Å². The second kappa shape index (κ2) is 9.17. The summed E-state index contributed by atoms with van der Waals surface area (Å²) in [5.41, 5.74) is -0.171. The Morgan fingerprint density at radius 2 is 1.77 bits per heavy atom. The molecule has 30 heavy (non-hydrogen) atoms. The van der Waals surface area contributed by atoms with Gasteiger partial charge in [0.25, 0.3) is 5.56 Å². The Morgan fingerprint density at radius 3 is 2.40 bits per heavy atom. The number of anilines is 1. The van der Waals surface area contributed by atoms with E-state index in [0.717, 1.165) is 43.7 Å². The Balaban J connectivity index is 1.46. The molecular weight excluding hydrogens is 388 g/mol. The highest BCUT2D eigenvalue weighted by molar-refractivity contribution is 5.94. The number of piperazine rings is 1. The lowest BCUT2D eigenvalue weighted by atomic mass is 10.1. The first-order chi connectivity index (χ1) is 14.3. The summed E-state index contributed by atoms with van der Waals surface area (Å²) in [7, 11) is 3.16. The van der Waals surface area contributed by atoms with Crippen molar-refractivity contribution in [1.82, 2.24) is 14.0 Å². The molecule has 1 aromatic carbocycles. The van der Waals surface area contributed by atoms with Crippen LogP contribution in [0.25, 0.3) is 0 Å². The number of ether oxygens (including phenoxy) is 1. The van der Waals surface area contributed by atoms with Gasteiger partial charge in [0, 0.05) is 58.4 Å². The molecule has 1 N–H and O–H groups in total. The zero-order chi connectivity index (χ0) is 21.8. The molecule has 9 nitrogen and oxygen atoms in total. The number of phenols is 1. The summed E-state index contributed by atoms with van der Waals surface area (Å²) in [6, 6.07) is 6.18. The molecule has 0 bridgehead atoms. The molecular formula is C21H28N4O5. The van der Waals surface area contributed by atoms with Gasteiger partial charge in [-0.15, -0.1) is 0 Å². The highest BCUT2D eigenvalue weighted by Gasteiger charge is 2.20. The molecule has 3 rings (SSSR count). The van der Waals surface area contributed by atoms with Crippen LogP contribution in [0.1, 0.15) is 23.7 Å². The predicted molar refractivity (Wildman–Crippen MR) is 114 cm³/mol. The van der Waals surface area contributed by atoms with E-state index in [1.165, 1.54) is 30.7 Å². The third-order valence-electron chi connectivity index (χ3n) is 5.44. The maximum atomic E-state index is 12.1. The minimum Gasteiger partial charge on any atom is -0.504 e. The average molecular weight is 416 g/mol. The number of benzene rings is 1. The van der Waals surface area contributed by atoms with Gasteiger partial charge in [-0.2, -0.15) is 0 Å². The van der Waals surface area contributed by atoms with E-state index in [4.69, 9.17) is 4.74 Å². The lowest BCUT2D eigenvalue weighted by Crippen LogP contribution is -2.49.